The van der Waals surface area contributed by atoms with Gasteiger partial charge in [0.15, 0.2) is 0 Å². The number of hydrogen-bond donors (Lipinski definition) is 0. The van der Waals surface area contributed by atoms with Crippen molar-refractivity contribution in [3.63, 3.8) is 0 Å². The number of hydrogen-bond acceptors (Lipinski definition) is 5. The fourth-order valence-electron chi connectivity index (χ4n) is 3.39. The van der Waals surface area contributed by atoms with Gasteiger partial charge in [0.25, 0.3) is 0 Å². The van der Waals surface area contributed by atoms with Crippen molar-refractivity contribution >= 4 is 17.8 Å². The molecule has 3 rings (SSSR count). The number of thioether (sulfide) groups is 1. The second kappa shape index (κ2) is 7.86. The molecule has 0 atom stereocenters. The molecule has 1 aliphatic carbocycles. The quantitative estimate of drug-likeness (QED) is 0.618. The van der Waals surface area contributed by atoms with Crippen molar-refractivity contribution < 1.29 is 4.79 Å². The highest BCUT2D eigenvalue weighted by molar-refractivity contribution is 7.98. The number of tetrazole rings is 1. The Labute approximate surface area is 151 Å². The minimum absolute atomic E-state index is 0.182. The summed E-state index contributed by atoms with van der Waals surface area (Å²) in [5.41, 5.74) is 0.112. The molecular formula is C17H23N5O2S. The van der Waals surface area contributed by atoms with Gasteiger partial charge in [0.1, 0.15) is 0 Å². The molecule has 1 saturated carbocycles. The molecule has 7 nitrogen and oxygen atoms in total. The first-order valence-electron chi connectivity index (χ1n) is 8.66. The molecule has 25 heavy (non-hydrogen) atoms. The van der Waals surface area contributed by atoms with Crippen molar-refractivity contribution in [3.05, 3.63) is 34.7 Å². The highest BCUT2D eigenvalue weighted by atomic mass is 32.2. The van der Waals surface area contributed by atoms with Crippen LogP contribution in [0.1, 0.15) is 39.0 Å². The van der Waals surface area contributed by atoms with Gasteiger partial charge in [-0.05, 0) is 48.6 Å². The van der Waals surface area contributed by atoms with Gasteiger partial charge in [0, 0.05) is 17.5 Å². The zero-order valence-electron chi connectivity index (χ0n) is 14.6. The summed E-state index contributed by atoms with van der Waals surface area (Å²) >= 11 is 1.52. The van der Waals surface area contributed by atoms with Crippen molar-refractivity contribution in [2.24, 2.45) is 0 Å². The number of carbonyl (C=O) groups is 1. The van der Waals surface area contributed by atoms with Crippen LogP contribution in [0, 0.1) is 0 Å². The predicted molar refractivity (Wildman–Crippen MR) is 97.4 cm³/mol. The summed E-state index contributed by atoms with van der Waals surface area (Å²) in [6, 6.07) is 7.25. The lowest BCUT2D eigenvalue weighted by Gasteiger charge is -2.32. The molecule has 1 aromatic heterocycles. The van der Waals surface area contributed by atoms with Crippen LogP contribution in [0.5, 0.6) is 0 Å². The highest BCUT2D eigenvalue weighted by Crippen LogP contribution is 2.23. The topological polar surface area (TPSA) is 73.0 Å². The lowest BCUT2D eigenvalue weighted by atomic mass is 9.94. The van der Waals surface area contributed by atoms with Gasteiger partial charge in [-0.3, -0.25) is 0 Å². The molecule has 1 aliphatic rings. The molecule has 1 fully saturated rings. The Bertz CT molecular complexity index is 794. The zero-order chi connectivity index (χ0) is 17.8. The van der Waals surface area contributed by atoms with E-state index in [0.29, 0.717) is 12.2 Å². The van der Waals surface area contributed by atoms with Gasteiger partial charge >= 0.3 is 11.7 Å². The van der Waals surface area contributed by atoms with E-state index in [-0.39, 0.29) is 12.1 Å². The van der Waals surface area contributed by atoms with Crippen LogP contribution >= 0.6 is 11.8 Å². The van der Waals surface area contributed by atoms with Crippen molar-refractivity contribution in [2.75, 3.05) is 12.8 Å². The molecular weight excluding hydrogens is 338 g/mol. The van der Waals surface area contributed by atoms with Crippen molar-refractivity contribution in [3.8, 4) is 5.69 Å². The minimum atomic E-state index is -0.527. The van der Waals surface area contributed by atoms with Crippen LogP contribution in [0.15, 0.2) is 34.0 Å². The van der Waals surface area contributed by atoms with E-state index in [4.69, 9.17) is 0 Å². The van der Waals surface area contributed by atoms with E-state index in [1.54, 1.807) is 11.0 Å². The molecule has 0 N–H and O–H groups in total. The van der Waals surface area contributed by atoms with Gasteiger partial charge in [-0.25, -0.2) is 9.59 Å². The van der Waals surface area contributed by atoms with E-state index >= 15 is 0 Å². The Morgan fingerprint density at radius 2 is 1.96 bits per heavy atom. The molecule has 134 valence electrons. The van der Waals surface area contributed by atoms with E-state index in [1.807, 2.05) is 31.4 Å². The SMILES string of the molecule is CCN(C(=O)n1nnn(-c2ccccc2SC)c1=O)C1CCCCC1. The maximum absolute atomic E-state index is 12.9. The molecule has 1 amide bonds. The van der Waals surface area contributed by atoms with E-state index in [0.717, 1.165) is 35.3 Å². The third-order valence-corrected chi connectivity index (χ3v) is 5.46. The Morgan fingerprint density at radius 1 is 1.24 bits per heavy atom. The van der Waals surface area contributed by atoms with Gasteiger partial charge in [-0.15, -0.1) is 16.4 Å². The fraction of sp³-hybridized carbons (Fsp3) is 0.529. The molecule has 1 heterocycles. The second-order valence-corrected chi connectivity index (χ2v) is 6.97. The van der Waals surface area contributed by atoms with E-state index in [9.17, 15) is 9.59 Å². The molecule has 1 aromatic carbocycles. The van der Waals surface area contributed by atoms with E-state index < -0.39 is 5.69 Å². The number of benzene rings is 1. The van der Waals surface area contributed by atoms with Gasteiger partial charge in [-0.1, -0.05) is 31.4 Å². The summed E-state index contributed by atoms with van der Waals surface area (Å²) in [5.74, 6) is 0. The van der Waals surface area contributed by atoms with Gasteiger partial charge in [-0.2, -0.15) is 4.68 Å². The average molecular weight is 361 g/mol. The van der Waals surface area contributed by atoms with Crippen LogP contribution in [0.25, 0.3) is 5.69 Å². The normalized spacial score (nSPS) is 15.3. The predicted octanol–water partition coefficient (Wildman–Crippen LogP) is 2.77. The number of para-hydroxylation sites is 1. The Kier molecular flexibility index (Phi) is 5.57. The maximum Gasteiger partial charge on any atom is 0.377 e. The molecule has 0 saturated heterocycles. The number of aromatic nitrogens is 4. The van der Waals surface area contributed by atoms with E-state index in [2.05, 4.69) is 10.4 Å². The first kappa shape index (κ1) is 17.7. The molecule has 0 radical (unpaired) electrons. The maximum atomic E-state index is 12.9. The smallest absolute Gasteiger partial charge is 0.320 e. The van der Waals surface area contributed by atoms with Gasteiger partial charge in [0.2, 0.25) is 0 Å². The number of rotatable bonds is 4. The molecule has 2 aromatic rings. The first-order valence-corrected chi connectivity index (χ1v) is 9.89. The Hall–Kier alpha value is -2.09. The third kappa shape index (κ3) is 3.49. The van der Waals surface area contributed by atoms with E-state index in [1.165, 1.54) is 22.9 Å². The van der Waals surface area contributed by atoms with Crippen LogP contribution in [-0.4, -0.2) is 49.6 Å². The molecule has 0 spiro atoms. The summed E-state index contributed by atoms with van der Waals surface area (Å²) in [6.07, 6.45) is 7.36. The van der Waals surface area contributed by atoms with Crippen molar-refractivity contribution in [1.82, 2.24) is 24.7 Å². The number of amides is 1. The fourth-order valence-corrected chi connectivity index (χ4v) is 3.96. The number of carbonyl (C=O) groups excluding carboxylic acids is 1. The highest BCUT2D eigenvalue weighted by Gasteiger charge is 2.28. The first-order chi connectivity index (χ1) is 12.2. The van der Waals surface area contributed by atoms with Gasteiger partial charge < -0.3 is 4.90 Å². The summed E-state index contributed by atoms with van der Waals surface area (Å²) in [5, 5.41) is 7.78. The Balaban J connectivity index is 1.92. The largest absolute Gasteiger partial charge is 0.377 e. The molecule has 8 heteroatoms. The molecule has 0 bridgehead atoms. The van der Waals surface area contributed by atoms with Crippen molar-refractivity contribution in [1.29, 1.82) is 0 Å². The summed E-state index contributed by atoms with van der Waals surface area (Å²) in [6.45, 7) is 2.50. The average Bonchev–Trinajstić information content (AvgIpc) is 3.04. The third-order valence-electron chi connectivity index (χ3n) is 4.68. The second-order valence-electron chi connectivity index (χ2n) is 6.12. The molecule has 0 aliphatic heterocycles. The van der Waals surface area contributed by atoms with Crippen LogP contribution in [0.4, 0.5) is 4.79 Å². The van der Waals surface area contributed by atoms with Crippen LogP contribution < -0.4 is 5.69 Å². The summed E-state index contributed by atoms with van der Waals surface area (Å²) in [7, 11) is 0. The monoisotopic (exact) mass is 361 g/mol. The van der Waals surface area contributed by atoms with Crippen LogP contribution in [0.3, 0.4) is 0 Å². The van der Waals surface area contributed by atoms with Crippen molar-refractivity contribution in [2.45, 2.75) is 50.0 Å². The lowest BCUT2D eigenvalue weighted by molar-refractivity contribution is 0.157. The number of nitrogens with zero attached hydrogens (tertiary/aromatic N) is 5. The summed E-state index contributed by atoms with van der Waals surface area (Å²) in [4.78, 5) is 28.2. The minimum Gasteiger partial charge on any atom is -0.320 e. The van der Waals surface area contributed by atoms with Gasteiger partial charge in [0.05, 0.1) is 5.69 Å². The lowest BCUT2D eigenvalue weighted by Crippen LogP contribution is -2.46. The molecule has 0 unspecified atom stereocenters. The standard InChI is InChI=1S/C17H23N5O2S/c1-3-20(13-9-5-4-6-10-13)16(23)22-17(24)21(18-19-22)14-11-7-8-12-15(14)25-2/h7-8,11-13H,3-6,9-10H2,1-2H3. The Morgan fingerprint density at radius 3 is 2.64 bits per heavy atom. The van der Waals surface area contributed by atoms with Crippen LogP contribution in [-0.2, 0) is 0 Å². The zero-order valence-corrected chi connectivity index (χ0v) is 15.4. The summed E-state index contributed by atoms with van der Waals surface area (Å²) < 4.78 is 2.08. The van der Waals surface area contributed by atoms with Crippen LogP contribution in [0.2, 0.25) is 0 Å².